The molecule has 8 heteroatoms. The highest BCUT2D eigenvalue weighted by atomic mass is 32.1. The summed E-state index contributed by atoms with van der Waals surface area (Å²) in [6.45, 7) is 3.15. The highest BCUT2D eigenvalue weighted by Crippen LogP contribution is 2.25. The number of nitrogens with zero attached hydrogens (tertiary/aromatic N) is 4. The topological polar surface area (TPSA) is 63.1 Å². The number of carbonyl (C=O) groups is 1. The van der Waals surface area contributed by atoms with Gasteiger partial charge in [0.2, 0.25) is 5.91 Å². The van der Waals surface area contributed by atoms with Gasteiger partial charge in [-0.1, -0.05) is 0 Å². The van der Waals surface area contributed by atoms with Crippen LogP contribution in [0.3, 0.4) is 0 Å². The first-order chi connectivity index (χ1) is 13.7. The van der Waals surface area contributed by atoms with Crippen molar-refractivity contribution < 1.29 is 9.18 Å². The summed E-state index contributed by atoms with van der Waals surface area (Å²) in [4.78, 5) is 23.2. The van der Waals surface area contributed by atoms with Crippen LogP contribution in [-0.2, 0) is 11.3 Å². The van der Waals surface area contributed by atoms with E-state index >= 15 is 0 Å². The number of benzene rings is 1. The van der Waals surface area contributed by atoms with E-state index in [1.807, 2.05) is 17.9 Å². The van der Waals surface area contributed by atoms with Crippen LogP contribution in [0.25, 0.3) is 11.3 Å². The van der Waals surface area contributed by atoms with Gasteiger partial charge in [0.05, 0.1) is 18.6 Å². The van der Waals surface area contributed by atoms with Crippen molar-refractivity contribution in [1.82, 2.24) is 19.4 Å². The predicted octanol–water partition coefficient (Wildman–Crippen LogP) is 3.50. The van der Waals surface area contributed by atoms with E-state index in [9.17, 15) is 9.18 Å². The highest BCUT2D eigenvalue weighted by molar-refractivity contribution is 7.14. The van der Waals surface area contributed by atoms with Crippen LogP contribution in [-0.4, -0.2) is 45.0 Å². The highest BCUT2D eigenvalue weighted by Gasteiger charge is 2.22. The van der Waals surface area contributed by atoms with Crippen LogP contribution in [0.4, 0.5) is 9.52 Å². The number of rotatable bonds is 6. The van der Waals surface area contributed by atoms with Crippen molar-refractivity contribution in [3.8, 4) is 11.3 Å². The molecule has 3 aromatic rings. The second-order valence-electron chi connectivity index (χ2n) is 7.10. The van der Waals surface area contributed by atoms with E-state index in [1.54, 1.807) is 18.3 Å². The van der Waals surface area contributed by atoms with Gasteiger partial charge in [-0.15, -0.1) is 11.3 Å². The van der Waals surface area contributed by atoms with Crippen LogP contribution in [0, 0.1) is 11.7 Å². The first-order valence-electron chi connectivity index (χ1n) is 9.35. The van der Waals surface area contributed by atoms with Gasteiger partial charge in [-0.25, -0.2) is 14.4 Å². The Morgan fingerprint density at radius 1 is 1.32 bits per heavy atom. The Kier molecular flexibility index (Phi) is 5.78. The smallest absolute Gasteiger partial charge is 0.240 e. The van der Waals surface area contributed by atoms with Gasteiger partial charge < -0.3 is 9.88 Å². The number of anilines is 1. The first kappa shape index (κ1) is 18.8. The molecule has 1 atom stereocenters. The van der Waals surface area contributed by atoms with E-state index in [0.29, 0.717) is 17.6 Å². The summed E-state index contributed by atoms with van der Waals surface area (Å²) in [6, 6.07) is 6.18. The molecule has 1 amide bonds. The zero-order valence-electron chi connectivity index (χ0n) is 15.4. The molecule has 4 rings (SSSR count). The van der Waals surface area contributed by atoms with Gasteiger partial charge >= 0.3 is 0 Å². The average molecular weight is 399 g/mol. The third kappa shape index (κ3) is 4.82. The zero-order valence-corrected chi connectivity index (χ0v) is 16.2. The number of aromatic nitrogens is 3. The molecule has 1 aliphatic heterocycles. The summed E-state index contributed by atoms with van der Waals surface area (Å²) < 4.78 is 15.1. The van der Waals surface area contributed by atoms with Crippen molar-refractivity contribution >= 4 is 22.4 Å². The minimum Gasteiger partial charge on any atom is -0.337 e. The molecule has 0 unspecified atom stereocenters. The number of amides is 1. The lowest BCUT2D eigenvalue weighted by Crippen LogP contribution is -2.41. The Hall–Kier alpha value is -2.58. The third-order valence-corrected chi connectivity index (χ3v) is 5.65. The molecule has 6 nitrogen and oxygen atoms in total. The summed E-state index contributed by atoms with van der Waals surface area (Å²) in [5.74, 6) is 0.198. The lowest BCUT2D eigenvalue weighted by Gasteiger charge is -2.32. The van der Waals surface area contributed by atoms with Gasteiger partial charge in [0.25, 0.3) is 0 Å². The maximum atomic E-state index is 13.1. The summed E-state index contributed by atoms with van der Waals surface area (Å²) in [6.07, 6.45) is 7.88. The fraction of sp³-hybridized carbons (Fsp3) is 0.350. The number of nitrogens with one attached hydrogen (secondary N) is 1. The Morgan fingerprint density at radius 3 is 2.96 bits per heavy atom. The number of hydrogen-bond acceptors (Lipinski definition) is 5. The van der Waals surface area contributed by atoms with Crippen molar-refractivity contribution in [3.63, 3.8) is 0 Å². The number of halogens is 1. The fourth-order valence-electron chi connectivity index (χ4n) is 3.58. The van der Waals surface area contributed by atoms with E-state index < -0.39 is 0 Å². The van der Waals surface area contributed by atoms with Crippen molar-refractivity contribution in [2.24, 2.45) is 5.92 Å². The average Bonchev–Trinajstić information content (AvgIpc) is 3.35. The monoisotopic (exact) mass is 399 g/mol. The maximum Gasteiger partial charge on any atom is 0.240 e. The van der Waals surface area contributed by atoms with Gasteiger partial charge in [0, 0.05) is 36.4 Å². The number of piperidine rings is 1. The summed E-state index contributed by atoms with van der Waals surface area (Å²) in [5.41, 5.74) is 1.56. The molecule has 0 saturated carbocycles. The number of carbonyl (C=O) groups excluding carboxylic acids is 1. The van der Waals surface area contributed by atoms with Crippen LogP contribution in [0.15, 0.2) is 48.4 Å². The standard InChI is InChI=1S/C20H22FN5OS/c21-17-5-3-16(4-6-17)18-13-28-20(23-18)24-19(27)12-25-8-1-2-15(10-25)11-26-9-7-22-14-26/h3-7,9,13-15H,1-2,8,10-12H2,(H,23,24,27)/t15-/m1/s1. The van der Waals surface area contributed by atoms with Crippen LogP contribution >= 0.6 is 11.3 Å². The molecule has 0 aliphatic carbocycles. The zero-order chi connectivity index (χ0) is 19.3. The van der Waals surface area contributed by atoms with Gasteiger partial charge in [0.15, 0.2) is 5.13 Å². The molecule has 1 aliphatic rings. The molecule has 0 bridgehead atoms. The number of thiazole rings is 1. The Labute approximate surface area is 167 Å². The number of imidazole rings is 1. The van der Waals surface area contributed by atoms with Crippen LogP contribution < -0.4 is 5.32 Å². The summed E-state index contributed by atoms with van der Waals surface area (Å²) in [5, 5.41) is 5.32. The van der Waals surface area contributed by atoms with Gasteiger partial charge in [-0.2, -0.15) is 0 Å². The van der Waals surface area contributed by atoms with Gasteiger partial charge in [0.1, 0.15) is 5.82 Å². The lowest BCUT2D eigenvalue weighted by atomic mass is 9.98. The minimum absolute atomic E-state index is 0.0525. The Bertz CT molecular complexity index is 909. The molecule has 1 fully saturated rings. The quantitative estimate of drug-likeness (QED) is 0.689. The lowest BCUT2D eigenvalue weighted by molar-refractivity contribution is -0.117. The number of likely N-dealkylation sites (tertiary alicyclic amines) is 1. The molecule has 146 valence electrons. The third-order valence-electron chi connectivity index (χ3n) is 4.89. The second kappa shape index (κ2) is 8.62. The molecule has 0 radical (unpaired) electrons. The normalized spacial score (nSPS) is 17.5. The molecule has 3 heterocycles. The fourth-order valence-corrected chi connectivity index (χ4v) is 4.32. The summed E-state index contributed by atoms with van der Waals surface area (Å²) in [7, 11) is 0. The predicted molar refractivity (Wildman–Crippen MR) is 108 cm³/mol. The second-order valence-corrected chi connectivity index (χ2v) is 7.95. The van der Waals surface area contributed by atoms with Crippen molar-refractivity contribution in [2.45, 2.75) is 19.4 Å². The van der Waals surface area contributed by atoms with Crippen molar-refractivity contribution in [3.05, 3.63) is 54.2 Å². The van der Waals surface area contributed by atoms with E-state index in [-0.39, 0.29) is 11.7 Å². The van der Waals surface area contributed by atoms with E-state index in [4.69, 9.17) is 0 Å². The van der Waals surface area contributed by atoms with E-state index in [2.05, 4.69) is 24.8 Å². The molecule has 28 heavy (non-hydrogen) atoms. The van der Waals surface area contributed by atoms with Crippen LogP contribution in [0.2, 0.25) is 0 Å². The SMILES string of the molecule is O=C(CN1CCC[C@@H](Cn2ccnc2)C1)Nc1nc(-c2ccc(F)cc2)cs1. The molecule has 0 spiro atoms. The molecule has 1 aromatic carbocycles. The van der Waals surface area contributed by atoms with Gasteiger partial charge in [-0.3, -0.25) is 9.69 Å². The molecule has 1 N–H and O–H groups in total. The summed E-state index contributed by atoms with van der Waals surface area (Å²) >= 11 is 1.38. The molecular weight excluding hydrogens is 377 g/mol. The number of hydrogen-bond donors (Lipinski definition) is 1. The first-order valence-corrected chi connectivity index (χ1v) is 10.2. The van der Waals surface area contributed by atoms with E-state index in [1.165, 1.54) is 29.9 Å². The molecule has 1 saturated heterocycles. The Morgan fingerprint density at radius 2 is 2.18 bits per heavy atom. The van der Waals surface area contributed by atoms with Crippen LogP contribution in [0.1, 0.15) is 12.8 Å². The van der Waals surface area contributed by atoms with E-state index in [0.717, 1.165) is 37.3 Å². The Balaban J connectivity index is 1.30. The van der Waals surface area contributed by atoms with Gasteiger partial charge in [-0.05, 0) is 49.6 Å². The largest absolute Gasteiger partial charge is 0.337 e. The maximum absolute atomic E-state index is 13.1. The van der Waals surface area contributed by atoms with Crippen LogP contribution in [0.5, 0.6) is 0 Å². The minimum atomic E-state index is -0.277. The molecule has 2 aromatic heterocycles. The van der Waals surface area contributed by atoms with Crippen molar-refractivity contribution in [1.29, 1.82) is 0 Å². The van der Waals surface area contributed by atoms with Crippen molar-refractivity contribution in [2.75, 3.05) is 25.0 Å². The molecular formula is C20H22FN5OS.